The number of carbonyl (C=O) groups is 1. The van der Waals surface area contributed by atoms with Crippen LogP contribution in [0.3, 0.4) is 0 Å². The number of likely N-dealkylation sites (N-methyl/N-ethyl adjacent to an activating group) is 1. The third-order valence-electron chi connectivity index (χ3n) is 3.51. The Labute approximate surface area is 116 Å². The molecule has 1 heterocycles. The van der Waals surface area contributed by atoms with Crippen molar-refractivity contribution in [1.29, 1.82) is 0 Å². The maximum absolute atomic E-state index is 11.9. The van der Waals surface area contributed by atoms with Crippen molar-refractivity contribution in [2.75, 3.05) is 13.1 Å². The second-order valence-electron chi connectivity index (χ2n) is 5.19. The molecule has 0 fully saturated rings. The highest BCUT2D eigenvalue weighted by atomic mass is 16.2. The molecule has 0 bridgehead atoms. The standard InChI is InChI=1S/C15H25N3O/c1-5-18(13(4)12(2)3)11-15(19)17-10-14-7-6-8-16-9-14/h6-9,12-13H,5,10-11H2,1-4H3,(H,17,19)/t13-/m0/s1. The number of nitrogens with zero attached hydrogens (tertiary/aromatic N) is 2. The highest BCUT2D eigenvalue weighted by Gasteiger charge is 2.17. The van der Waals surface area contributed by atoms with E-state index in [1.807, 2.05) is 12.1 Å². The number of carbonyl (C=O) groups excluding carboxylic acids is 1. The van der Waals surface area contributed by atoms with Crippen molar-refractivity contribution in [3.63, 3.8) is 0 Å². The fraction of sp³-hybridized carbons (Fsp3) is 0.600. The maximum atomic E-state index is 11.9. The second-order valence-corrected chi connectivity index (χ2v) is 5.19. The van der Waals surface area contributed by atoms with Crippen molar-refractivity contribution in [1.82, 2.24) is 15.2 Å². The van der Waals surface area contributed by atoms with Gasteiger partial charge in [0.25, 0.3) is 0 Å². The van der Waals surface area contributed by atoms with E-state index in [1.165, 1.54) is 0 Å². The SMILES string of the molecule is CCN(CC(=O)NCc1cccnc1)[C@@H](C)C(C)C. The minimum absolute atomic E-state index is 0.0678. The van der Waals surface area contributed by atoms with Crippen LogP contribution in [0.2, 0.25) is 0 Å². The molecular weight excluding hydrogens is 238 g/mol. The monoisotopic (exact) mass is 263 g/mol. The number of pyridine rings is 1. The number of hydrogen-bond acceptors (Lipinski definition) is 3. The lowest BCUT2D eigenvalue weighted by Crippen LogP contribution is -2.43. The van der Waals surface area contributed by atoms with Gasteiger partial charge in [0.1, 0.15) is 0 Å². The smallest absolute Gasteiger partial charge is 0.234 e. The molecule has 0 aliphatic carbocycles. The molecule has 1 amide bonds. The van der Waals surface area contributed by atoms with E-state index in [0.29, 0.717) is 25.0 Å². The zero-order valence-electron chi connectivity index (χ0n) is 12.4. The van der Waals surface area contributed by atoms with Crippen molar-refractivity contribution >= 4 is 5.91 Å². The average Bonchev–Trinajstić information content (AvgIpc) is 2.42. The van der Waals surface area contributed by atoms with Crippen molar-refractivity contribution in [2.45, 2.75) is 40.3 Å². The van der Waals surface area contributed by atoms with Crippen LogP contribution in [-0.2, 0) is 11.3 Å². The van der Waals surface area contributed by atoms with E-state index in [1.54, 1.807) is 12.4 Å². The molecule has 0 aromatic carbocycles. The zero-order chi connectivity index (χ0) is 14.3. The summed E-state index contributed by atoms with van der Waals surface area (Å²) in [6.07, 6.45) is 3.50. The summed E-state index contributed by atoms with van der Waals surface area (Å²) < 4.78 is 0. The summed E-state index contributed by atoms with van der Waals surface area (Å²) in [6, 6.07) is 4.25. The Morgan fingerprint density at radius 1 is 1.42 bits per heavy atom. The summed E-state index contributed by atoms with van der Waals surface area (Å²) in [6.45, 7) is 10.5. The Morgan fingerprint density at radius 2 is 2.16 bits per heavy atom. The number of rotatable bonds is 7. The van der Waals surface area contributed by atoms with E-state index < -0.39 is 0 Å². The molecule has 0 saturated heterocycles. The van der Waals surface area contributed by atoms with Gasteiger partial charge in [-0.15, -0.1) is 0 Å². The summed E-state index contributed by atoms with van der Waals surface area (Å²) in [5.41, 5.74) is 1.02. The quantitative estimate of drug-likeness (QED) is 0.819. The van der Waals surface area contributed by atoms with Crippen LogP contribution in [0.4, 0.5) is 0 Å². The molecule has 106 valence electrons. The van der Waals surface area contributed by atoms with Gasteiger partial charge >= 0.3 is 0 Å². The molecule has 0 aliphatic heterocycles. The van der Waals surface area contributed by atoms with Crippen LogP contribution in [0.5, 0.6) is 0 Å². The van der Waals surface area contributed by atoms with Crippen LogP contribution >= 0.6 is 0 Å². The Balaban J connectivity index is 2.41. The largest absolute Gasteiger partial charge is 0.351 e. The van der Waals surface area contributed by atoms with Crippen molar-refractivity contribution in [2.24, 2.45) is 5.92 Å². The van der Waals surface area contributed by atoms with E-state index in [2.05, 4.69) is 42.9 Å². The molecule has 0 unspecified atom stereocenters. The molecule has 0 saturated carbocycles. The topological polar surface area (TPSA) is 45.2 Å². The predicted octanol–water partition coefficient (Wildman–Crippen LogP) is 2.06. The minimum Gasteiger partial charge on any atom is -0.351 e. The van der Waals surface area contributed by atoms with Crippen molar-refractivity contribution in [3.05, 3.63) is 30.1 Å². The molecule has 19 heavy (non-hydrogen) atoms. The molecule has 1 atom stereocenters. The zero-order valence-corrected chi connectivity index (χ0v) is 12.4. The van der Waals surface area contributed by atoms with Crippen LogP contribution in [0.1, 0.15) is 33.3 Å². The maximum Gasteiger partial charge on any atom is 0.234 e. The Kier molecular flexibility index (Phi) is 6.50. The average molecular weight is 263 g/mol. The van der Waals surface area contributed by atoms with Gasteiger partial charge in [0.05, 0.1) is 6.54 Å². The van der Waals surface area contributed by atoms with Crippen LogP contribution in [0.25, 0.3) is 0 Å². The summed E-state index contributed by atoms with van der Waals surface area (Å²) in [4.78, 5) is 18.2. The van der Waals surface area contributed by atoms with E-state index in [-0.39, 0.29) is 5.91 Å². The molecule has 0 radical (unpaired) electrons. The molecule has 0 spiro atoms. The lowest BCUT2D eigenvalue weighted by atomic mass is 10.0. The molecule has 0 aliphatic rings. The summed E-state index contributed by atoms with van der Waals surface area (Å²) in [7, 11) is 0. The predicted molar refractivity (Wildman–Crippen MR) is 77.6 cm³/mol. The van der Waals surface area contributed by atoms with Crippen molar-refractivity contribution < 1.29 is 4.79 Å². The van der Waals surface area contributed by atoms with Gasteiger partial charge in [0.15, 0.2) is 0 Å². The first-order valence-electron chi connectivity index (χ1n) is 6.94. The highest BCUT2D eigenvalue weighted by Crippen LogP contribution is 2.09. The van der Waals surface area contributed by atoms with E-state index in [0.717, 1.165) is 12.1 Å². The van der Waals surface area contributed by atoms with Gasteiger partial charge < -0.3 is 5.32 Å². The summed E-state index contributed by atoms with van der Waals surface area (Å²) >= 11 is 0. The van der Waals surface area contributed by atoms with Gasteiger partial charge in [-0.2, -0.15) is 0 Å². The minimum atomic E-state index is 0.0678. The lowest BCUT2D eigenvalue weighted by molar-refractivity contribution is -0.123. The molecule has 1 rings (SSSR count). The van der Waals surface area contributed by atoms with Crippen LogP contribution < -0.4 is 5.32 Å². The van der Waals surface area contributed by atoms with E-state index in [9.17, 15) is 4.79 Å². The summed E-state index contributed by atoms with van der Waals surface area (Å²) in [5, 5.41) is 2.94. The van der Waals surface area contributed by atoms with Crippen molar-refractivity contribution in [3.8, 4) is 0 Å². The number of nitrogens with one attached hydrogen (secondary N) is 1. The van der Waals surface area contributed by atoms with E-state index in [4.69, 9.17) is 0 Å². The van der Waals surface area contributed by atoms with Gasteiger partial charge in [-0.1, -0.05) is 26.8 Å². The number of aromatic nitrogens is 1. The van der Waals surface area contributed by atoms with Gasteiger partial charge in [-0.25, -0.2) is 0 Å². The van der Waals surface area contributed by atoms with Gasteiger partial charge in [-0.05, 0) is 31.0 Å². The van der Waals surface area contributed by atoms with Crippen LogP contribution in [0.15, 0.2) is 24.5 Å². The molecule has 1 aromatic rings. The Hall–Kier alpha value is -1.42. The normalized spacial score (nSPS) is 12.7. The van der Waals surface area contributed by atoms with Gasteiger partial charge in [0, 0.05) is 25.0 Å². The Bertz CT molecular complexity index is 378. The van der Waals surface area contributed by atoms with Crippen LogP contribution in [0, 0.1) is 5.92 Å². The Morgan fingerprint density at radius 3 is 2.68 bits per heavy atom. The second kappa shape index (κ2) is 7.89. The van der Waals surface area contributed by atoms with Crippen LogP contribution in [-0.4, -0.2) is 34.9 Å². The number of amides is 1. The third kappa shape index (κ3) is 5.39. The molecular formula is C15H25N3O. The molecule has 4 nitrogen and oxygen atoms in total. The first-order valence-corrected chi connectivity index (χ1v) is 6.94. The number of hydrogen-bond donors (Lipinski definition) is 1. The fourth-order valence-electron chi connectivity index (χ4n) is 1.91. The van der Waals surface area contributed by atoms with Gasteiger partial charge in [-0.3, -0.25) is 14.7 Å². The first kappa shape index (κ1) is 15.6. The molecule has 1 N–H and O–H groups in total. The lowest BCUT2D eigenvalue weighted by Gasteiger charge is -2.30. The first-order chi connectivity index (χ1) is 9.04. The molecule has 1 aromatic heterocycles. The molecule has 4 heteroatoms. The fourth-order valence-corrected chi connectivity index (χ4v) is 1.91. The highest BCUT2D eigenvalue weighted by molar-refractivity contribution is 5.78. The third-order valence-corrected chi connectivity index (χ3v) is 3.51. The van der Waals surface area contributed by atoms with Gasteiger partial charge in [0.2, 0.25) is 5.91 Å². The van der Waals surface area contributed by atoms with E-state index >= 15 is 0 Å². The summed E-state index contributed by atoms with van der Waals surface area (Å²) in [5.74, 6) is 0.615.